The lowest BCUT2D eigenvalue weighted by molar-refractivity contribution is 0.102. The van der Waals surface area contributed by atoms with Crippen molar-refractivity contribution in [2.45, 2.75) is 12.5 Å². The lowest BCUT2D eigenvalue weighted by atomic mass is 10.0. The largest absolute Gasteiger partial charge is 0.379 e. The lowest BCUT2D eigenvalue weighted by Crippen LogP contribution is -2.12. The van der Waals surface area contributed by atoms with Crippen molar-refractivity contribution in [1.82, 2.24) is 9.78 Å². The Hall–Kier alpha value is -2.66. The van der Waals surface area contributed by atoms with Crippen LogP contribution >= 0.6 is 0 Å². The molecule has 1 atom stereocenters. The highest BCUT2D eigenvalue weighted by Gasteiger charge is 2.19. The van der Waals surface area contributed by atoms with Gasteiger partial charge in [0.05, 0.1) is 24.5 Å². The van der Waals surface area contributed by atoms with E-state index in [9.17, 15) is 4.79 Å². The first-order chi connectivity index (χ1) is 11.3. The van der Waals surface area contributed by atoms with Gasteiger partial charge in [0.25, 0.3) is 5.91 Å². The van der Waals surface area contributed by atoms with Gasteiger partial charge in [0.2, 0.25) is 0 Å². The molecule has 5 heteroatoms. The number of ether oxygens (including phenoxy) is 1. The van der Waals surface area contributed by atoms with Gasteiger partial charge in [0.1, 0.15) is 0 Å². The summed E-state index contributed by atoms with van der Waals surface area (Å²) in [5.41, 5.74) is 1.37. The van der Waals surface area contributed by atoms with Crippen molar-refractivity contribution < 1.29 is 9.53 Å². The highest BCUT2D eigenvalue weighted by molar-refractivity contribution is 6.12. The van der Waals surface area contributed by atoms with Gasteiger partial charge < -0.3 is 10.1 Å². The molecule has 1 fully saturated rings. The van der Waals surface area contributed by atoms with E-state index in [1.54, 1.807) is 6.20 Å². The summed E-state index contributed by atoms with van der Waals surface area (Å²) in [6.45, 7) is 1.45. The van der Waals surface area contributed by atoms with Crippen LogP contribution in [-0.2, 0) is 4.74 Å². The van der Waals surface area contributed by atoms with Crippen molar-refractivity contribution in [2.24, 2.45) is 0 Å². The molecule has 3 aromatic rings. The molecule has 2 aromatic carbocycles. The molecule has 1 aliphatic rings. The first-order valence-corrected chi connectivity index (χ1v) is 7.72. The number of hydrogen-bond donors (Lipinski definition) is 1. The Morgan fingerprint density at radius 2 is 2.09 bits per heavy atom. The number of anilines is 1. The maximum Gasteiger partial charge on any atom is 0.256 e. The molecular weight excluding hydrogens is 290 g/mol. The Labute approximate surface area is 133 Å². The van der Waals surface area contributed by atoms with Crippen molar-refractivity contribution in [3.05, 3.63) is 60.4 Å². The summed E-state index contributed by atoms with van der Waals surface area (Å²) in [4.78, 5) is 12.6. The summed E-state index contributed by atoms with van der Waals surface area (Å²) < 4.78 is 7.24. The molecule has 1 unspecified atom stereocenters. The van der Waals surface area contributed by atoms with Gasteiger partial charge in [-0.3, -0.25) is 9.48 Å². The second-order valence-electron chi connectivity index (χ2n) is 5.71. The maximum atomic E-state index is 12.6. The van der Waals surface area contributed by atoms with Crippen molar-refractivity contribution in [3.63, 3.8) is 0 Å². The van der Waals surface area contributed by atoms with E-state index in [0.717, 1.165) is 23.8 Å². The van der Waals surface area contributed by atoms with Gasteiger partial charge in [0.15, 0.2) is 0 Å². The molecule has 0 bridgehead atoms. The molecule has 5 nitrogen and oxygen atoms in total. The zero-order valence-electron chi connectivity index (χ0n) is 12.6. The molecule has 1 amide bonds. The number of fused-ring (bicyclic) bond motifs is 1. The third-order valence-electron chi connectivity index (χ3n) is 4.17. The SMILES string of the molecule is O=C(Nc1cnn(C2CCOC2)c1)c1cccc2ccccc12. The Bertz CT molecular complexity index is 845. The molecule has 116 valence electrons. The maximum absolute atomic E-state index is 12.6. The summed E-state index contributed by atoms with van der Waals surface area (Å²) in [7, 11) is 0. The minimum absolute atomic E-state index is 0.121. The molecule has 1 saturated heterocycles. The number of nitrogens with one attached hydrogen (secondary N) is 1. The number of aromatic nitrogens is 2. The summed E-state index contributed by atoms with van der Waals surface area (Å²) >= 11 is 0. The minimum Gasteiger partial charge on any atom is -0.379 e. The first-order valence-electron chi connectivity index (χ1n) is 7.72. The fourth-order valence-electron chi connectivity index (χ4n) is 2.95. The van der Waals surface area contributed by atoms with E-state index in [1.807, 2.05) is 53.3 Å². The van der Waals surface area contributed by atoms with Crippen LogP contribution in [0.2, 0.25) is 0 Å². The zero-order chi connectivity index (χ0) is 15.6. The first kappa shape index (κ1) is 14.0. The Balaban J connectivity index is 1.57. The lowest BCUT2D eigenvalue weighted by Gasteiger charge is -2.08. The molecule has 0 radical (unpaired) electrons. The monoisotopic (exact) mass is 307 g/mol. The topological polar surface area (TPSA) is 56.2 Å². The van der Waals surface area contributed by atoms with E-state index in [0.29, 0.717) is 17.9 Å². The molecule has 0 saturated carbocycles. The molecule has 1 N–H and O–H groups in total. The Morgan fingerprint density at radius 1 is 1.22 bits per heavy atom. The van der Waals surface area contributed by atoms with Gasteiger partial charge in [-0.1, -0.05) is 36.4 Å². The summed E-state index contributed by atoms with van der Waals surface area (Å²) in [5, 5.41) is 9.26. The van der Waals surface area contributed by atoms with Gasteiger partial charge in [-0.15, -0.1) is 0 Å². The van der Waals surface area contributed by atoms with Crippen molar-refractivity contribution in [1.29, 1.82) is 0 Å². The van der Waals surface area contributed by atoms with Gasteiger partial charge in [-0.2, -0.15) is 5.10 Å². The van der Waals surface area contributed by atoms with E-state index in [2.05, 4.69) is 10.4 Å². The molecule has 2 heterocycles. The fraction of sp³-hybridized carbons (Fsp3) is 0.222. The molecule has 23 heavy (non-hydrogen) atoms. The molecule has 0 aliphatic carbocycles. The average Bonchev–Trinajstić information content (AvgIpc) is 3.25. The number of hydrogen-bond acceptors (Lipinski definition) is 3. The summed E-state index contributed by atoms with van der Waals surface area (Å²) in [6, 6.07) is 13.9. The smallest absolute Gasteiger partial charge is 0.256 e. The normalized spacial score (nSPS) is 17.5. The molecule has 1 aromatic heterocycles. The van der Waals surface area contributed by atoms with Crippen molar-refractivity contribution >= 4 is 22.4 Å². The van der Waals surface area contributed by atoms with Crippen LogP contribution < -0.4 is 5.32 Å². The number of carbonyl (C=O) groups excluding carboxylic acids is 1. The molecule has 0 spiro atoms. The highest BCUT2D eigenvalue weighted by atomic mass is 16.5. The zero-order valence-corrected chi connectivity index (χ0v) is 12.6. The van der Waals surface area contributed by atoms with Crippen LogP contribution in [-0.4, -0.2) is 28.9 Å². The predicted molar refractivity (Wildman–Crippen MR) is 88.6 cm³/mol. The van der Waals surface area contributed by atoms with Gasteiger partial charge in [-0.05, 0) is 23.3 Å². The van der Waals surface area contributed by atoms with Crippen molar-refractivity contribution in [3.8, 4) is 0 Å². The number of nitrogens with zero attached hydrogens (tertiary/aromatic N) is 2. The third-order valence-corrected chi connectivity index (χ3v) is 4.17. The van der Waals surface area contributed by atoms with Gasteiger partial charge in [0, 0.05) is 18.4 Å². The van der Waals surface area contributed by atoms with Gasteiger partial charge in [-0.25, -0.2) is 0 Å². The summed E-state index contributed by atoms with van der Waals surface area (Å²) in [5.74, 6) is -0.121. The van der Waals surface area contributed by atoms with E-state index in [1.165, 1.54) is 0 Å². The molecule has 1 aliphatic heterocycles. The van der Waals surface area contributed by atoms with Crippen LogP contribution in [0.5, 0.6) is 0 Å². The van der Waals surface area contributed by atoms with E-state index >= 15 is 0 Å². The van der Waals surface area contributed by atoms with Crippen LogP contribution in [0.3, 0.4) is 0 Å². The van der Waals surface area contributed by atoms with Crippen LogP contribution in [0.1, 0.15) is 22.8 Å². The highest BCUT2D eigenvalue weighted by Crippen LogP contribution is 2.22. The second kappa shape index (κ2) is 5.85. The number of amides is 1. The second-order valence-corrected chi connectivity index (χ2v) is 5.71. The summed E-state index contributed by atoms with van der Waals surface area (Å²) in [6.07, 6.45) is 4.50. The van der Waals surface area contributed by atoms with Crippen LogP contribution in [0.25, 0.3) is 10.8 Å². The fourth-order valence-corrected chi connectivity index (χ4v) is 2.95. The van der Waals surface area contributed by atoms with Crippen LogP contribution in [0.15, 0.2) is 54.9 Å². The van der Waals surface area contributed by atoms with Crippen LogP contribution in [0.4, 0.5) is 5.69 Å². The number of benzene rings is 2. The molecule has 4 rings (SSSR count). The Morgan fingerprint density at radius 3 is 2.96 bits per heavy atom. The quantitative estimate of drug-likeness (QED) is 0.808. The minimum atomic E-state index is -0.121. The average molecular weight is 307 g/mol. The Kier molecular flexibility index (Phi) is 3.55. The van der Waals surface area contributed by atoms with E-state index in [-0.39, 0.29) is 11.9 Å². The van der Waals surface area contributed by atoms with E-state index < -0.39 is 0 Å². The standard InChI is InChI=1S/C18H17N3O2/c22-18(17-7-3-5-13-4-1-2-6-16(13)17)20-14-10-19-21(11-14)15-8-9-23-12-15/h1-7,10-11,15H,8-9,12H2,(H,20,22). The predicted octanol–water partition coefficient (Wildman–Crippen LogP) is 3.25. The molecular formula is C18H17N3O2. The van der Waals surface area contributed by atoms with E-state index in [4.69, 9.17) is 4.74 Å². The third kappa shape index (κ3) is 2.71. The number of rotatable bonds is 3. The van der Waals surface area contributed by atoms with Gasteiger partial charge >= 0.3 is 0 Å². The number of carbonyl (C=O) groups is 1. The van der Waals surface area contributed by atoms with Crippen molar-refractivity contribution in [2.75, 3.05) is 18.5 Å². The van der Waals surface area contributed by atoms with Crippen LogP contribution in [0, 0.1) is 0 Å².